The van der Waals surface area contributed by atoms with E-state index in [0.29, 0.717) is 0 Å². The molecular formula is C14H24N2O. The zero-order chi connectivity index (χ0) is 12.3. The second-order valence-corrected chi connectivity index (χ2v) is 5.31. The predicted octanol–water partition coefficient (Wildman–Crippen LogP) is 2.54. The first-order chi connectivity index (χ1) is 8.19. The van der Waals surface area contributed by atoms with E-state index in [1.165, 1.54) is 31.5 Å². The van der Waals surface area contributed by atoms with Gasteiger partial charge in [-0.2, -0.15) is 0 Å². The summed E-state index contributed by atoms with van der Waals surface area (Å²) in [7, 11) is 1.95. The van der Waals surface area contributed by atoms with Crippen LogP contribution in [0.5, 0.6) is 0 Å². The van der Waals surface area contributed by atoms with Crippen molar-refractivity contribution in [3.05, 3.63) is 23.2 Å². The van der Waals surface area contributed by atoms with E-state index in [2.05, 4.69) is 30.1 Å². The molecule has 17 heavy (non-hydrogen) atoms. The lowest BCUT2D eigenvalue weighted by Crippen LogP contribution is -2.32. The standard InChI is InChI=1S/C14H24N2O/c1-11-4-6-16(7-5-11)10-13-8-12(2)14(17-13)9-15-3/h8,11,15H,4-7,9-10H2,1-3H3. The van der Waals surface area contributed by atoms with Gasteiger partial charge in [-0.1, -0.05) is 6.92 Å². The lowest BCUT2D eigenvalue weighted by atomic mass is 9.99. The lowest BCUT2D eigenvalue weighted by Gasteiger charge is -2.29. The summed E-state index contributed by atoms with van der Waals surface area (Å²) in [6.07, 6.45) is 2.64. The van der Waals surface area contributed by atoms with Crippen molar-refractivity contribution in [3.8, 4) is 0 Å². The molecule has 1 aliphatic heterocycles. The van der Waals surface area contributed by atoms with Crippen molar-refractivity contribution < 1.29 is 4.42 Å². The van der Waals surface area contributed by atoms with Gasteiger partial charge >= 0.3 is 0 Å². The molecule has 0 aromatic carbocycles. The fourth-order valence-electron chi connectivity index (χ4n) is 2.44. The highest BCUT2D eigenvalue weighted by atomic mass is 16.3. The van der Waals surface area contributed by atoms with Gasteiger partial charge < -0.3 is 9.73 Å². The third kappa shape index (κ3) is 3.33. The average Bonchev–Trinajstić information content (AvgIpc) is 2.63. The van der Waals surface area contributed by atoms with E-state index >= 15 is 0 Å². The molecule has 0 bridgehead atoms. The first-order valence-electron chi connectivity index (χ1n) is 6.64. The Kier molecular flexibility index (Phi) is 4.24. The first-order valence-corrected chi connectivity index (χ1v) is 6.64. The Hall–Kier alpha value is -0.800. The van der Waals surface area contributed by atoms with Gasteiger partial charge in [-0.05, 0) is 57.5 Å². The summed E-state index contributed by atoms with van der Waals surface area (Å²) in [5, 5.41) is 3.14. The molecular weight excluding hydrogens is 212 g/mol. The molecule has 3 heteroatoms. The number of hydrogen-bond donors (Lipinski definition) is 1. The van der Waals surface area contributed by atoms with Crippen LogP contribution < -0.4 is 5.32 Å². The summed E-state index contributed by atoms with van der Waals surface area (Å²) in [5.74, 6) is 3.08. The number of rotatable bonds is 4. The van der Waals surface area contributed by atoms with Gasteiger partial charge in [-0.15, -0.1) is 0 Å². The minimum atomic E-state index is 0.822. The zero-order valence-corrected chi connectivity index (χ0v) is 11.3. The van der Waals surface area contributed by atoms with Crippen molar-refractivity contribution in [2.45, 2.75) is 39.8 Å². The Bertz CT molecular complexity index is 351. The molecule has 0 radical (unpaired) electrons. The first kappa shape index (κ1) is 12.7. The Balaban J connectivity index is 1.92. The quantitative estimate of drug-likeness (QED) is 0.871. The summed E-state index contributed by atoms with van der Waals surface area (Å²) in [6, 6.07) is 2.19. The molecule has 0 saturated carbocycles. The summed E-state index contributed by atoms with van der Waals surface area (Å²) in [6.45, 7) is 8.68. The van der Waals surface area contributed by atoms with Gasteiger partial charge in [0.2, 0.25) is 0 Å². The van der Waals surface area contributed by atoms with Crippen molar-refractivity contribution in [3.63, 3.8) is 0 Å². The van der Waals surface area contributed by atoms with Crippen molar-refractivity contribution in [1.82, 2.24) is 10.2 Å². The van der Waals surface area contributed by atoms with Crippen LogP contribution in [0, 0.1) is 12.8 Å². The van der Waals surface area contributed by atoms with Crippen LogP contribution in [-0.2, 0) is 13.1 Å². The molecule has 1 aliphatic rings. The van der Waals surface area contributed by atoms with Crippen molar-refractivity contribution in [1.29, 1.82) is 0 Å². The molecule has 0 atom stereocenters. The Morgan fingerprint density at radius 2 is 2.12 bits per heavy atom. The largest absolute Gasteiger partial charge is 0.463 e. The van der Waals surface area contributed by atoms with Crippen LogP contribution in [0.4, 0.5) is 0 Å². The van der Waals surface area contributed by atoms with Crippen LogP contribution in [0.25, 0.3) is 0 Å². The van der Waals surface area contributed by atoms with Gasteiger partial charge in [0.1, 0.15) is 11.5 Å². The van der Waals surface area contributed by atoms with Crippen LogP contribution in [0.3, 0.4) is 0 Å². The van der Waals surface area contributed by atoms with Crippen LogP contribution in [0.1, 0.15) is 36.8 Å². The minimum absolute atomic E-state index is 0.822. The number of hydrogen-bond acceptors (Lipinski definition) is 3. The molecule has 2 rings (SSSR count). The summed E-state index contributed by atoms with van der Waals surface area (Å²) in [5.41, 5.74) is 1.26. The van der Waals surface area contributed by atoms with Crippen LogP contribution in [0.2, 0.25) is 0 Å². The van der Waals surface area contributed by atoms with Crippen molar-refractivity contribution >= 4 is 0 Å². The summed E-state index contributed by atoms with van der Waals surface area (Å²) in [4.78, 5) is 2.50. The van der Waals surface area contributed by atoms with Gasteiger partial charge in [0.15, 0.2) is 0 Å². The molecule has 0 aliphatic carbocycles. The van der Waals surface area contributed by atoms with E-state index in [-0.39, 0.29) is 0 Å². The molecule has 1 N–H and O–H groups in total. The second-order valence-electron chi connectivity index (χ2n) is 5.31. The van der Waals surface area contributed by atoms with E-state index in [1.807, 2.05) is 7.05 Å². The van der Waals surface area contributed by atoms with Crippen molar-refractivity contribution in [2.24, 2.45) is 5.92 Å². The van der Waals surface area contributed by atoms with Crippen LogP contribution in [0.15, 0.2) is 10.5 Å². The van der Waals surface area contributed by atoms with Crippen molar-refractivity contribution in [2.75, 3.05) is 20.1 Å². The second kappa shape index (κ2) is 5.69. The fourth-order valence-corrected chi connectivity index (χ4v) is 2.44. The third-order valence-corrected chi connectivity index (χ3v) is 3.66. The monoisotopic (exact) mass is 236 g/mol. The maximum Gasteiger partial charge on any atom is 0.120 e. The zero-order valence-electron chi connectivity index (χ0n) is 11.3. The molecule has 1 aromatic heterocycles. The van der Waals surface area contributed by atoms with Gasteiger partial charge in [0.25, 0.3) is 0 Å². The minimum Gasteiger partial charge on any atom is -0.463 e. The molecule has 1 aromatic rings. The van der Waals surface area contributed by atoms with Gasteiger partial charge in [0, 0.05) is 0 Å². The molecule has 1 fully saturated rings. The number of piperidine rings is 1. The summed E-state index contributed by atoms with van der Waals surface area (Å²) >= 11 is 0. The maximum absolute atomic E-state index is 5.88. The Labute approximate surface area is 104 Å². The fraction of sp³-hybridized carbons (Fsp3) is 0.714. The smallest absolute Gasteiger partial charge is 0.120 e. The predicted molar refractivity (Wildman–Crippen MR) is 69.9 cm³/mol. The Morgan fingerprint density at radius 1 is 1.41 bits per heavy atom. The number of furan rings is 1. The van der Waals surface area contributed by atoms with E-state index < -0.39 is 0 Å². The number of nitrogens with zero attached hydrogens (tertiary/aromatic N) is 1. The molecule has 0 amide bonds. The number of nitrogens with one attached hydrogen (secondary N) is 1. The molecule has 1 saturated heterocycles. The molecule has 0 unspecified atom stereocenters. The van der Waals surface area contributed by atoms with Crippen LogP contribution >= 0.6 is 0 Å². The van der Waals surface area contributed by atoms with Gasteiger partial charge in [-0.25, -0.2) is 0 Å². The summed E-state index contributed by atoms with van der Waals surface area (Å²) < 4.78 is 5.88. The highest BCUT2D eigenvalue weighted by Gasteiger charge is 2.17. The SMILES string of the molecule is CNCc1oc(CN2CCC(C)CC2)cc1C. The highest BCUT2D eigenvalue weighted by molar-refractivity contribution is 5.20. The van der Waals surface area contributed by atoms with E-state index in [1.54, 1.807) is 0 Å². The van der Waals surface area contributed by atoms with E-state index in [9.17, 15) is 0 Å². The maximum atomic E-state index is 5.88. The van der Waals surface area contributed by atoms with Crippen LogP contribution in [-0.4, -0.2) is 25.0 Å². The van der Waals surface area contributed by atoms with E-state index in [0.717, 1.165) is 30.5 Å². The number of likely N-dealkylation sites (tertiary alicyclic amines) is 1. The van der Waals surface area contributed by atoms with Gasteiger partial charge in [0.05, 0.1) is 13.1 Å². The molecule has 0 spiro atoms. The lowest BCUT2D eigenvalue weighted by molar-refractivity contribution is 0.172. The average molecular weight is 236 g/mol. The topological polar surface area (TPSA) is 28.4 Å². The highest BCUT2D eigenvalue weighted by Crippen LogP contribution is 2.20. The number of aryl methyl sites for hydroxylation is 1. The normalized spacial score (nSPS) is 18.8. The molecule has 3 nitrogen and oxygen atoms in total. The van der Waals surface area contributed by atoms with Gasteiger partial charge in [-0.3, -0.25) is 4.90 Å². The Morgan fingerprint density at radius 3 is 2.76 bits per heavy atom. The molecule has 96 valence electrons. The molecule has 2 heterocycles. The van der Waals surface area contributed by atoms with E-state index in [4.69, 9.17) is 4.42 Å². The third-order valence-electron chi connectivity index (χ3n) is 3.66.